The van der Waals surface area contributed by atoms with Crippen molar-refractivity contribution in [1.82, 2.24) is 0 Å². The summed E-state index contributed by atoms with van der Waals surface area (Å²) in [4.78, 5) is 0. The van der Waals surface area contributed by atoms with Crippen LogP contribution >= 0.6 is 0 Å². The molecule has 0 unspecified atom stereocenters. The molecule has 0 spiro atoms. The maximum atomic E-state index is 11.8. The standard InChI is InChI=1S/C7H4F3.Pt/c8-7(9,10)6-4-2-1-3-5-6;/h1-4H;/q-1;. The van der Waals surface area contributed by atoms with E-state index in [1.807, 2.05) is 0 Å². The van der Waals surface area contributed by atoms with E-state index in [2.05, 4.69) is 6.07 Å². The maximum Gasteiger partial charge on any atom is 0.394 e. The molecule has 0 bridgehead atoms. The van der Waals surface area contributed by atoms with Gasteiger partial charge in [0.2, 0.25) is 0 Å². The zero-order chi connectivity index (χ0) is 7.61. The summed E-state index contributed by atoms with van der Waals surface area (Å²) in [5.74, 6) is 0. The van der Waals surface area contributed by atoms with Crippen molar-refractivity contribution < 1.29 is 34.2 Å². The molecule has 0 saturated carbocycles. The topological polar surface area (TPSA) is 0 Å². The molecule has 4 heteroatoms. The van der Waals surface area contributed by atoms with Gasteiger partial charge in [-0.1, -0.05) is 5.56 Å². The number of halogens is 3. The third-order valence-electron chi connectivity index (χ3n) is 1.01. The Morgan fingerprint density at radius 3 is 2.09 bits per heavy atom. The van der Waals surface area contributed by atoms with Gasteiger partial charge in [-0.15, -0.1) is 0 Å². The van der Waals surface area contributed by atoms with Gasteiger partial charge in [-0.3, -0.25) is 0 Å². The van der Waals surface area contributed by atoms with Gasteiger partial charge < -0.3 is 0 Å². The molecule has 0 nitrogen and oxygen atoms in total. The number of alkyl halides is 3. The third-order valence-corrected chi connectivity index (χ3v) is 1.01. The number of hydrogen-bond donors (Lipinski definition) is 0. The van der Waals surface area contributed by atoms with Gasteiger partial charge in [0.15, 0.2) is 0 Å². The predicted octanol–water partition coefficient (Wildman–Crippen LogP) is 2.50. The van der Waals surface area contributed by atoms with Gasteiger partial charge in [0.1, 0.15) is 0 Å². The van der Waals surface area contributed by atoms with Crippen LogP contribution in [0.5, 0.6) is 0 Å². The molecule has 0 radical (unpaired) electrons. The van der Waals surface area contributed by atoms with Crippen molar-refractivity contribution in [2.24, 2.45) is 0 Å². The molecule has 0 N–H and O–H groups in total. The molecule has 0 aliphatic heterocycles. The zero-order valence-corrected chi connectivity index (χ0v) is 7.53. The molecular formula is C7H4F3Pt-. The number of hydrogen-bond acceptors (Lipinski definition) is 0. The van der Waals surface area contributed by atoms with E-state index in [-0.39, 0.29) is 21.1 Å². The quantitative estimate of drug-likeness (QED) is 0.637. The molecular weight excluding hydrogens is 336 g/mol. The van der Waals surface area contributed by atoms with Crippen molar-refractivity contribution >= 4 is 0 Å². The zero-order valence-electron chi connectivity index (χ0n) is 5.26. The van der Waals surface area contributed by atoms with E-state index in [1.54, 1.807) is 0 Å². The predicted molar refractivity (Wildman–Crippen MR) is 30.3 cm³/mol. The Kier molecular flexibility index (Phi) is 3.80. The molecule has 1 aromatic carbocycles. The second-order valence-electron chi connectivity index (χ2n) is 1.77. The molecule has 0 saturated heterocycles. The van der Waals surface area contributed by atoms with Gasteiger partial charge in [-0.05, 0) is 0 Å². The van der Waals surface area contributed by atoms with E-state index in [0.717, 1.165) is 6.07 Å². The van der Waals surface area contributed by atoms with Crippen LogP contribution in [-0.2, 0) is 27.2 Å². The molecule has 0 aliphatic carbocycles. The fourth-order valence-corrected chi connectivity index (χ4v) is 0.570. The van der Waals surface area contributed by atoms with Crippen LogP contribution in [0.3, 0.4) is 0 Å². The minimum atomic E-state index is -4.26. The SMILES string of the molecule is FC(F)(F)c1[c-]cccc1.[Pt]. The van der Waals surface area contributed by atoms with Crippen molar-refractivity contribution in [3.8, 4) is 0 Å². The first-order valence-corrected chi connectivity index (χ1v) is 2.64. The Morgan fingerprint density at radius 1 is 1.18 bits per heavy atom. The Bertz CT molecular complexity index is 205. The summed E-state index contributed by atoms with van der Waals surface area (Å²) in [7, 11) is 0. The molecule has 0 fully saturated rings. The van der Waals surface area contributed by atoms with Crippen molar-refractivity contribution in [3.63, 3.8) is 0 Å². The van der Waals surface area contributed by atoms with Crippen molar-refractivity contribution in [2.75, 3.05) is 0 Å². The van der Waals surface area contributed by atoms with Gasteiger partial charge in [0.05, 0.1) is 0 Å². The van der Waals surface area contributed by atoms with Gasteiger partial charge in [0, 0.05) is 21.1 Å². The van der Waals surface area contributed by atoms with Crippen molar-refractivity contribution in [1.29, 1.82) is 0 Å². The Balaban J connectivity index is 0.000001000. The summed E-state index contributed by atoms with van der Waals surface area (Å²) in [6.45, 7) is 0. The van der Waals surface area contributed by atoms with E-state index in [4.69, 9.17) is 0 Å². The largest absolute Gasteiger partial charge is 0.394 e. The summed E-state index contributed by atoms with van der Waals surface area (Å²) in [5, 5.41) is 0. The maximum absolute atomic E-state index is 11.8. The van der Waals surface area contributed by atoms with Crippen molar-refractivity contribution in [3.05, 3.63) is 35.9 Å². The van der Waals surface area contributed by atoms with E-state index in [9.17, 15) is 13.2 Å². The molecule has 0 heterocycles. The van der Waals surface area contributed by atoms with Crippen LogP contribution in [0.4, 0.5) is 13.2 Å². The average Bonchev–Trinajstić information content (AvgIpc) is 1.88. The van der Waals surface area contributed by atoms with Crippen LogP contribution in [-0.4, -0.2) is 0 Å². The first-order valence-electron chi connectivity index (χ1n) is 2.64. The second-order valence-corrected chi connectivity index (χ2v) is 1.77. The summed E-state index contributed by atoms with van der Waals surface area (Å²) in [6.07, 6.45) is -4.26. The van der Waals surface area contributed by atoms with Gasteiger partial charge in [-0.2, -0.15) is 43.5 Å². The van der Waals surface area contributed by atoms with Gasteiger partial charge in [-0.25, -0.2) is 0 Å². The minimum Gasteiger partial charge on any atom is -0.176 e. The fraction of sp³-hybridized carbons (Fsp3) is 0.143. The minimum absolute atomic E-state index is 0. The van der Waals surface area contributed by atoms with Crippen LogP contribution in [0.25, 0.3) is 0 Å². The number of rotatable bonds is 0. The molecule has 0 amide bonds. The Morgan fingerprint density at radius 2 is 1.82 bits per heavy atom. The van der Waals surface area contributed by atoms with Crippen molar-refractivity contribution in [2.45, 2.75) is 6.18 Å². The summed E-state index contributed by atoms with van der Waals surface area (Å²) >= 11 is 0. The van der Waals surface area contributed by atoms with Gasteiger partial charge >= 0.3 is 6.18 Å². The smallest absolute Gasteiger partial charge is 0.176 e. The fourth-order valence-electron chi connectivity index (χ4n) is 0.570. The van der Waals surface area contributed by atoms with Crippen LogP contribution in [0, 0.1) is 6.07 Å². The molecule has 0 aromatic heterocycles. The van der Waals surface area contributed by atoms with Gasteiger partial charge in [0.25, 0.3) is 0 Å². The molecule has 1 aromatic rings. The molecule has 0 aliphatic rings. The van der Waals surface area contributed by atoms with E-state index in [1.165, 1.54) is 18.2 Å². The normalized spacial score (nSPS) is 10.5. The average molecular weight is 340 g/mol. The number of benzene rings is 1. The monoisotopic (exact) mass is 340 g/mol. The van der Waals surface area contributed by atoms with Crippen LogP contribution in [0.15, 0.2) is 24.3 Å². The molecule has 11 heavy (non-hydrogen) atoms. The molecule has 0 atom stereocenters. The Hall–Kier alpha value is -0.302. The first-order chi connectivity index (χ1) is 4.61. The van der Waals surface area contributed by atoms with E-state index >= 15 is 0 Å². The second kappa shape index (κ2) is 3.91. The van der Waals surface area contributed by atoms with Crippen LogP contribution in [0.2, 0.25) is 0 Å². The van der Waals surface area contributed by atoms with E-state index < -0.39 is 11.7 Å². The first kappa shape index (κ1) is 10.7. The van der Waals surface area contributed by atoms with E-state index in [0.29, 0.717) is 0 Å². The summed E-state index contributed by atoms with van der Waals surface area (Å²) in [5.41, 5.74) is -0.727. The summed E-state index contributed by atoms with van der Waals surface area (Å²) in [6, 6.07) is 7.14. The third kappa shape index (κ3) is 3.06. The molecule has 64 valence electrons. The molecule has 1 rings (SSSR count). The van der Waals surface area contributed by atoms with Crippen LogP contribution in [0.1, 0.15) is 5.56 Å². The Labute approximate surface area is 76.7 Å². The summed E-state index contributed by atoms with van der Waals surface area (Å²) < 4.78 is 35.3. The van der Waals surface area contributed by atoms with Crippen LogP contribution < -0.4 is 0 Å².